The zero-order chi connectivity index (χ0) is 35.1. The van der Waals surface area contributed by atoms with Crippen molar-refractivity contribution in [3.63, 3.8) is 0 Å². The number of imidazole rings is 2. The van der Waals surface area contributed by atoms with Crippen LogP contribution in [0.3, 0.4) is 0 Å². The third kappa shape index (κ3) is 12.0. The highest BCUT2D eigenvalue weighted by molar-refractivity contribution is 7.20. The highest BCUT2D eigenvalue weighted by Crippen LogP contribution is 2.26. The van der Waals surface area contributed by atoms with Crippen LogP contribution in [0.1, 0.15) is 62.8 Å². The summed E-state index contributed by atoms with van der Waals surface area (Å²) in [4.78, 5) is 15.6. The fourth-order valence-electron chi connectivity index (χ4n) is 6.24. The van der Waals surface area contributed by atoms with Gasteiger partial charge in [0.15, 0.2) is 0 Å². The van der Waals surface area contributed by atoms with Crippen molar-refractivity contribution in [2.75, 3.05) is 51.8 Å². The van der Waals surface area contributed by atoms with Crippen molar-refractivity contribution in [2.24, 2.45) is 0 Å². The number of fused-ring (bicyclic) bond motifs is 2. The Balaban J connectivity index is 0.000000166. The van der Waals surface area contributed by atoms with E-state index in [1.165, 1.54) is 88.9 Å². The van der Waals surface area contributed by atoms with E-state index in [-0.39, 0.29) is 19.0 Å². The Labute approximate surface area is 325 Å². The van der Waals surface area contributed by atoms with Gasteiger partial charge >= 0.3 is 0 Å². The summed E-state index contributed by atoms with van der Waals surface area (Å²) >= 11 is 8.78. The van der Waals surface area contributed by atoms with Crippen LogP contribution in [0.5, 0.6) is 0 Å². The number of hydrogen-bond acceptors (Lipinski definition) is 10. The van der Waals surface area contributed by atoms with Crippen LogP contribution in [-0.2, 0) is 18.0 Å². The lowest BCUT2D eigenvalue weighted by atomic mass is 10.2. The first kappa shape index (κ1) is 40.2. The van der Waals surface area contributed by atoms with Crippen LogP contribution in [0.2, 0.25) is 0 Å². The van der Waals surface area contributed by atoms with E-state index in [9.17, 15) is 0 Å². The Morgan fingerprint density at radius 2 is 1.10 bits per heavy atom. The van der Waals surface area contributed by atoms with Crippen LogP contribution in [0.4, 0.5) is 0 Å². The molecule has 280 valence electrons. The van der Waals surface area contributed by atoms with E-state index in [0.29, 0.717) is 12.3 Å². The molecule has 6 heterocycles. The predicted molar refractivity (Wildman–Crippen MR) is 216 cm³/mol. The van der Waals surface area contributed by atoms with Crippen LogP contribution in [0.15, 0.2) is 73.1 Å². The monoisotopic (exact) mass is 784 g/mol. The normalized spacial score (nSPS) is 15.6. The lowest BCUT2D eigenvalue weighted by Gasteiger charge is -2.19. The summed E-state index contributed by atoms with van der Waals surface area (Å²) in [6.07, 6.45) is 14.7. The molecule has 14 heteroatoms. The number of nitrogens with zero attached hydrogens (tertiary/aromatic N) is 8. The third-order valence-electron chi connectivity index (χ3n) is 8.99. The fourth-order valence-corrected chi connectivity index (χ4v) is 8.29. The molecule has 4 aromatic heterocycles. The van der Waals surface area contributed by atoms with Gasteiger partial charge in [-0.05, 0) is 51.9 Å². The molecular formula is C38H50Cl2N8O2S2. The lowest BCUT2D eigenvalue weighted by Crippen LogP contribution is -2.28. The van der Waals surface area contributed by atoms with Crippen molar-refractivity contribution in [1.82, 2.24) is 39.0 Å². The van der Waals surface area contributed by atoms with Gasteiger partial charge in [0.1, 0.15) is 10.0 Å². The van der Waals surface area contributed by atoms with Gasteiger partial charge in [-0.15, -0.1) is 24.0 Å². The van der Waals surface area contributed by atoms with Gasteiger partial charge in [0.2, 0.25) is 9.92 Å². The topological polar surface area (TPSA) is 96.3 Å². The molecule has 8 rings (SSSR count). The summed E-state index contributed by atoms with van der Waals surface area (Å²) in [5.74, 6) is 0.792. The average molecular weight is 786 g/mol. The third-order valence-corrected chi connectivity index (χ3v) is 11.1. The van der Waals surface area contributed by atoms with Gasteiger partial charge in [-0.1, -0.05) is 109 Å². The average Bonchev–Trinajstić information content (AvgIpc) is 3.84. The van der Waals surface area contributed by atoms with E-state index in [4.69, 9.17) is 21.4 Å². The van der Waals surface area contributed by atoms with Crippen molar-refractivity contribution in [3.8, 4) is 21.1 Å². The van der Waals surface area contributed by atoms with Gasteiger partial charge in [-0.25, -0.2) is 19.0 Å². The number of likely N-dealkylation sites (tertiary alicyclic amines) is 2. The molecule has 0 unspecified atom stereocenters. The summed E-state index contributed by atoms with van der Waals surface area (Å²) in [5, 5.41) is 19.9. The second kappa shape index (κ2) is 21.7. The van der Waals surface area contributed by atoms with Crippen LogP contribution < -0.4 is 0 Å². The zero-order valence-corrected chi connectivity index (χ0v) is 32.9. The Morgan fingerprint density at radius 1 is 0.635 bits per heavy atom. The Morgan fingerprint density at radius 3 is 1.56 bits per heavy atom. The van der Waals surface area contributed by atoms with Gasteiger partial charge in [-0.3, -0.25) is 0 Å². The minimum absolute atomic E-state index is 0. The van der Waals surface area contributed by atoms with Crippen LogP contribution in [-0.4, -0.2) is 95.9 Å². The molecule has 2 fully saturated rings. The maximum Gasteiger partial charge on any atom is 0.212 e. The molecule has 0 saturated carbocycles. The van der Waals surface area contributed by atoms with Crippen molar-refractivity contribution in [2.45, 2.75) is 64.6 Å². The molecule has 0 amide bonds. The lowest BCUT2D eigenvalue weighted by molar-refractivity contribution is 0.0918. The first-order valence-corrected chi connectivity index (χ1v) is 20.4. The second-order valence-electron chi connectivity index (χ2n) is 12.9. The zero-order valence-electron chi connectivity index (χ0n) is 29.7. The summed E-state index contributed by atoms with van der Waals surface area (Å²) in [6, 6.07) is 20.2. The van der Waals surface area contributed by atoms with Crippen molar-refractivity contribution < 1.29 is 9.84 Å². The molecule has 0 atom stereocenters. The standard InChI is InChI=1S/C19H24N4OS.C11H9N3OS.C8H16ClN.ClH/c1-2-7-11-22(10-6-1)12-13-24-15-17-14-23-19(20-17)25-18(21-23)16-8-4-3-5-9-16;15-7-9-6-14-11(12-9)16-10(13-14)8-4-2-1-3-5-8;9-5-8-10-6-3-1-2-4-7-10;/h3-5,8-9,14H,1-2,6-7,10-13,15H2;1-6,15H,7H2;1-8H2;1H. The largest absolute Gasteiger partial charge is 0.390 e. The molecule has 0 bridgehead atoms. The Kier molecular flexibility index (Phi) is 16.8. The summed E-state index contributed by atoms with van der Waals surface area (Å²) in [6.45, 7) is 8.38. The maximum absolute atomic E-state index is 8.94. The molecule has 2 saturated heterocycles. The number of aliphatic hydroxyl groups is 1. The number of halogens is 2. The SMILES string of the molecule is Cl.ClCCN1CCCCCC1.OCc1cn2nc(-c3ccccc3)sc2n1.c1ccc(-c2nn3cc(COCCN4CCCCCC4)nc3s2)cc1. The molecular weight excluding hydrogens is 736 g/mol. The number of ether oxygens (including phenoxy) is 1. The van der Waals surface area contributed by atoms with Crippen LogP contribution in [0, 0.1) is 0 Å². The molecule has 2 aliphatic rings. The number of aromatic nitrogens is 6. The quantitative estimate of drug-likeness (QED) is 0.110. The van der Waals surface area contributed by atoms with Gasteiger partial charge in [0.25, 0.3) is 0 Å². The van der Waals surface area contributed by atoms with Gasteiger partial charge < -0.3 is 19.6 Å². The first-order valence-electron chi connectivity index (χ1n) is 18.2. The van der Waals surface area contributed by atoms with Gasteiger partial charge in [0.05, 0.1) is 43.6 Å². The highest BCUT2D eigenvalue weighted by Gasteiger charge is 2.12. The van der Waals surface area contributed by atoms with E-state index in [1.807, 2.05) is 59.2 Å². The van der Waals surface area contributed by atoms with E-state index in [1.54, 1.807) is 22.0 Å². The van der Waals surface area contributed by atoms with Crippen LogP contribution >= 0.6 is 46.7 Å². The predicted octanol–water partition coefficient (Wildman–Crippen LogP) is 8.32. The minimum Gasteiger partial charge on any atom is -0.390 e. The molecule has 0 aliphatic carbocycles. The smallest absolute Gasteiger partial charge is 0.212 e. The number of aliphatic hydroxyl groups excluding tert-OH is 1. The van der Waals surface area contributed by atoms with Crippen molar-refractivity contribution >= 4 is 56.6 Å². The summed E-state index contributed by atoms with van der Waals surface area (Å²) in [5.41, 5.74) is 3.82. The Bertz CT molecular complexity index is 1790. The first-order chi connectivity index (χ1) is 25.2. The van der Waals surface area contributed by atoms with Crippen LogP contribution in [0.25, 0.3) is 31.1 Å². The number of benzene rings is 2. The van der Waals surface area contributed by atoms with Crippen molar-refractivity contribution in [1.29, 1.82) is 0 Å². The number of hydrogen-bond donors (Lipinski definition) is 1. The van der Waals surface area contributed by atoms with E-state index < -0.39 is 0 Å². The number of rotatable bonds is 10. The van der Waals surface area contributed by atoms with E-state index in [2.05, 4.69) is 42.1 Å². The molecule has 1 N–H and O–H groups in total. The molecule has 0 radical (unpaired) electrons. The molecule has 2 aromatic carbocycles. The fraction of sp³-hybridized carbons (Fsp3) is 0.474. The van der Waals surface area contributed by atoms with Crippen molar-refractivity contribution in [3.05, 3.63) is 84.4 Å². The molecule has 2 aliphatic heterocycles. The van der Waals surface area contributed by atoms with E-state index in [0.717, 1.165) is 62.3 Å². The van der Waals surface area contributed by atoms with Gasteiger partial charge in [-0.2, -0.15) is 10.2 Å². The maximum atomic E-state index is 8.94. The van der Waals surface area contributed by atoms with Gasteiger partial charge in [0, 0.05) is 30.1 Å². The molecule has 0 spiro atoms. The van der Waals surface area contributed by atoms with E-state index >= 15 is 0 Å². The Hall–Kier alpha value is -2.94. The molecule has 6 aromatic rings. The molecule has 52 heavy (non-hydrogen) atoms. The summed E-state index contributed by atoms with van der Waals surface area (Å²) < 4.78 is 9.40. The minimum atomic E-state index is -0.0449. The summed E-state index contributed by atoms with van der Waals surface area (Å²) in [7, 11) is 0. The molecule has 10 nitrogen and oxygen atoms in total. The number of alkyl halides is 1. The second-order valence-corrected chi connectivity index (χ2v) is 15.2. The highest BCUT2D eigenvalue weighted by atomic mass is 35.5.